The lowest BCUT2D eigenvalue weighted by molar-refractivity contribution is 0.0413. The maximum Gasteiger partial charge on any atom is 0.375 e. The van der Waals surface area contributed by atoms with E-state index in [1.54, 1.807) is 0 Å². The summed E-state index contributed by atoms with van der Waals surface area (Å²) in [6.45, 7) is 2.17. The minimum absolute atomic E-state index is 0.0370. The van der Waals surface area contributed by atoms with Crippen LogP contribution in [0.3, 0.4) is 0 Å². The molecular weight excluding hydrogens is 313 g/mol. The Hall–Kier alpha value is -1.74. The highest BCUT2D eigenvalue weighted by molar-refractivity contribution is 7.51. The Bertz CT molecular complexity index is 751. The number of imidazole rings is 1. The van der Waals surface area contributed by atoms with Gasteiger partial charge in [-0.2, -0.15) is 4.98 Å². The number of rotatable bonds is 7. The molecule has 0 aliphatic heterocycles. The van der Waals surface area contributed by atoms with Crippen molar-refractivity contribution >= 4 is 24.7 Å². The Morgan fingerprint density at radius 2 is 2.23 bits per heavy atom. The molecule has 0 saturated carbocycles. The number of fused-ring (bicyclic) bond motifs is 1. The highest BCUT2D eigenvalue weighted by Crippen LogP contribution is 2.50. The predicted molar refractivity (Wildman–Crippen MR) is 79.1 cm³/mol. The maximum atomic E-state index is 11.7. The van der Waals surface area contributed by atoms with E-state index in [1.165, 1.54) is 0 Å². The molecule has 0 aliphatic rings. The number of nitrogens with one attached hydrogen (secondary N) is 1. The van der Waals surface area contributed by atoms with Crippen molar-refractivity contribution in [2.45, 2.75) is 32.2 Å². The fourth-order valence-electron chi connectivity index (χ4n) is 1.98. The summed E-state index contributed by atoms with van der Waals surface area (Å²) in [7, 11) is -4.64. The van der Waals surface area contributed by atoms with Gasteiger partial charge >= 0.3 is 7.60 Å². The zero-order valence-corrected chi connectivity index (χ0v) is 12.9. The predicted octanol–water partition coefficient (Wildman–Crippen LogP) is 0.542. The van der Waals surface area contributed by atoms with Gasteiger partial charge in [-0.05, 0) is 6.42 Å². The first-order valence-corrected chi connectivity index (χ1v) is 8.42. The molecular formula is C11H18N5O5P. The minimum Gasteiger partial charge on any atom is -0.369 e. The summed E-state index contributed by atoms with van der Waals surface area (Å²) >= 11 is 0. The molecule has 0 radical (unpaired) electrons. The van der Waals surface area contributed by atoms with Crippen LogP contribution in [0.5, 0.6) is 0 Å². The SMILES string of the molecule is CCCCCOC(n1cnc2c(=O)[nH]c(N)nc21)P(=O)(O)O. The van der Waals surface area contributed by atoms with Gasteiger partial charge in [0.15, 0.2) is 11.2 Å². The van der Waals surface area contributed by atoms with Crippen LogP contribution in [0, 0.1) is 0 Å². The molecule has 22 heavy (non-hydrogen) atoms. The lowest BCUT2D eigenvalue weighted by atomic mass is 10.3. The van der Waals surface area contributed by atoms with Crippen LogP contribution >= 0.6 is 7.60 Å². The molecule has 10 nitrogen and oxygen atoms in total. The number of nitrogens with zero attached hydrogens (tertiary/aromatic N) is 3. The molecule has 0 aliphatic carbocycles. The number of aromatic amines is 1. The second-order valence-corrected chi connectivity index (χ2v) is 6.39. The lowest BCUT2D eigenvalue weighted by Crippen LogP contribution is -2.16. The molecule has 0 spiro atoms. The number of unbranched alkanes of at least 4 members (excludes halogenated alkanes) is 2. The molecule has 2 heterocycles. The molecule has 0 saturated heterocycles. The molecule has 0 fully saturated rings. The summed E-state index contributed by atoms with van der Waals surface area (Å²) in [5, 5.41) is 0. The minimum atomic E-state index is -4.64. The van der Waals surface area contributed by atoms with Crippen LogP contribution in [0.15, 0.2) is 11.1 Å². The van der Waals surface area contributed by atoms with Gasteiger partial charge in [0.2, 0.25) is 11.9 Å². The standard InChI is InChI=1S/C11H18N5O5P/c1-2-3-4-5-21-11(22(18,19)20)16-6-13-7-8(16)14-10(12)15-9(7)17/h6,11H,2-5H2,1H3,(H2,18,19,20)(H3,12,14,15,17). The molecule has 11 heteroatoms. The van der Waals surface area contributed by atoms with E-state index >= 15 is 0 Å². The fourth-order valence-corrected chi connectivity index (χ4v) is 2.78. The third-order valence-electron chi connectivity index (χ3n) is 2.99. The second kappa shape index (κ2) is 6.57. The van der Waals surface area contributed by atoms with Gasteiger partial charge < -0.3 is 20.3 Å². The quantitative estimate of drug-likeness (QED) is 0.423. The number of H-pyrrole nitrogens is 1. The van der Waals surface area contributed by atoms with Crippen LogP contribution in [-0.2, 0) is 9.30 Å². The summed E-state index contributed by atoms with van der Waals surface area (Å²) in [6.07, 6.45) is 3.60. The van der Waals surface area contributed by atoms with Crippen LogP contribution in [0.1, 0.15) is 32.2 Å². The molecule has 0 aromatic carbocycles. The van der Waals surface area contributed by atoms with Gasteiger partial charge in [0, 0.05) is 6.61 Å². The summed E-state index contributed by atoms with van der Waals surface area (Å²) in [6, 6.07) is 0. The molecule has 2 rings (SSSR count). The van der Waals surface area contributed by atoms with Crippen LogP contribution in [0.25, 0.3) is 11.2 Å². The summed E-state index contributed by atoms with van der Waals surface area (Å²) in [5.41, 5.74) is 4.77. The maximum absolute atomic E-state index is 11.7. The van der Waals surface area contributed by atoms with E-state index in [-0.39, 0.29) is 23.7 Å². The normalized spacial score (nSPS) is 13.6. The molecule has 1 unspecified atom stereocenters. The number of hydrogen-bond acceptors (Lipinski definition) is 6. The number of ether oxygens (including phenoxy) is 1. The fraction of sp³-hybridized carbons (Fsp3) is 0.545. The van der Waals surface area contributed by atoms with Crippen molar-refractivity contribution in [3.05, 3.63) is 16.7 Å². The summed E-state index contributed by atoms with van der Waals surface area (Å²) < 4.78 is 18.0. The highest BCUT2D eigenvalue weighted by Gasteiger charge is 2.33. The number of nitrogens with two attached hydrogens (primary N) is 1. The average molecular weight is 331 g/mol. The first-order valence-electron chi connectivity index (χ1n) is 6.73. The smallest absolute Gasteiger partial charge is 0.369 e. The Morgan fingerprint density at radius 1 is 1.50 bits per heavy atom. The van der Waals surface area contributed by atoms with E-state index in [2.05, 4.69) is 15.0 Å². The van der Waals surface area contributed by atoms with Crippen molar-refractivity contribution < 1.29 is 19.1 Å². The van der Waals surface area contributed by atoms with Gasteiger partial charge in [-0.1, -0.05) is 19.8 Å². The van der Waals surface area contributed by atoms with Gasteiger partial charge in [0.1, 0.15) is 0 Å². The van der Waals surface area contributed by atoms with Crippen molar-refractivity contribution in [2.24, 2.45) is 0 Å². The molecule has 2 aromatic heterocycles. The Labute approximate surface area is 125 Å². The molecule has 122 valence electrons. The second-order valence-electron chi connectivity index (χ2n) is 4.77. The topological polar surface area (TPSA) is 156 Å². The van der Waals surface area contributed by atoms with Gasteiger partial charge in [-0.25, -0.2) is 4.98 Å². The Morgan fingerprint density at radius 3 is 2.86 bits per heavy atom. The number of aromatic nitrogens is 4. The molecule has 0 bridgehead atoms. The zero-order valence-electron chi connectivity index (χ0n) is 12.0. The van der Waals surface area contributed by atoms with Gasteiger partial charge in [0.25, 0.3) is 5.56 Å². The van der Waals surface area contributed by atoms with Crippen LogP contribution in [-0.4, -0.2) is 35.9 Å². The van der Waals surface area contributed by atoms with E-state index in [0.29, 0.717) is 6.42 Å². The first-order chi connectivity index (χ1) is 10.3. The van der Waals surface area contributed by atoms with Gasteiger partial charge in [0.05, 0.1) is 6.33 Å². The van der Waals surface area contributed by atoms with Gasteiger partial charge in [-0.15, -0.1) is 0 Å². The average Bonchev–Trinajstić information content (AvgIpc) is 2.81. The van der Waals surface area contributed by atoms with Crippen molar-refractivity contribution in [3.63, 3.8) is 0 Å². The summed E-state index contributed by atoms with van der Waals surface area (Å²) in [4.78, 5) is 40.6. The number of hydrogen-bond donors (Lipinski definition) is 4. The van der Waals surface area contributed by atoms with Crippen LogP contribution in [0.4, 0.5) is 5.95 Å². The van der Waals surface area contributed by atoms with E-state index in [0.717, 1.165) is 23.7 Å². The molecule has 2 aromatic rings. The first kappa shape index (κ1) is 16.6. The molecule has 1 atom stereocenters. The van der Waals surface area contributed by atoms with Crippen LogP contribution < -0.4 is 11.3 Å². The molecule has 5 N–H and O–H groups in total. The monoisotopic (exact) mass is 331 g/mol. The van der Waals surface area contributed by atoms with E-state index in [9.17, 15) is 19.1 Å². The summed E-state index contributed by atoms with van der Waals surface area (Å²) in [5.74, 6) is -1.77. The van der Waals surface area contributed by atoms with Crippen LogP contribution in [0.2, 0.25) is 0 Å². The van der Waals surface area contributed by atoms with E-state index in [4.69, 9.17) is 10.5 Å². The highest BCUT2D eigenvalue weighted by atomic mass is 31.2. The lowest BCUT2D eigenvalue weighted by Gasteiger charge is -2.20. The van der Waals surface area contributed by atoms with Crippen molar-refractivity contribution in [1.82, 2.24) is 19.5 Å². The number of nitrogen functional groups attached to an aromatic ring is 1. The van der Waals surface area contributed by atoms with Crippen molar-refractivity contribution in [1.29, 1.82) is 0 Å². The van der Waals surface area contributed by atoms with E-state index in [1.807, 2.05) is 6.92 Å². The third kappa shape index (κ3) is 3.53. The van der Waals surface area contributed by atoms with Gasteiger partial charge in [-0.3, -0.25) is 18.9 Å². The number of anilines is 1. The largest absolute Gasteiger partial charge is 0.375 e. The zero-order chi connectivity index (χ0) is 16.3. The van der Waals surface area contributed by atoms with E-state index < -0.39 is 19.1 Å². The Balaban J connectivity index is 2.40. The van der Waals surface area contributed by atoms with Crippen molar-refractivity contribution in [3.8, 4) is 0 Å². The third-order valence-corrected chi connectivity index (χ3v) is 3.96. The Kier molecular flexibility index (Phi) is 4.97. The van der Waals surface area contributed by atoms with Crippen molar-refractivity contribution in [2.75, 3.05) is 12.3 Å². The molecule has 0 amide bonds.